The maximum atomic E-state index is 14.4. The second kappa shape index (κ2) is 26.3. The number of primary amides is 6. The summed E-state index contributed by atoms with van der Waals surface area (Å²) >= 11 is 0. The van der Waals surface area contributed by atoms with Gasteiger partial charge in [-0.05, 0) is 95.3 Å². The number of fused-ring (bicyclic) bond motifs is 7. The number of nitrogens with one attached hydrogen (secondary N) is 3. The maximum absolute atomic E-state index is 14.4. The summed E-state index contributed by atoms with van der Waals surface area (Å²) < 4.78 is 31.0. The molecule has 19 unspecified atom stereocenters. The van der Waals surface area contributed by atoms with Gasteiger partial charge in [0.05, 0.1) is 31.0 Å². The molecular weight excluding hydrogens is 1180 g/mol. The van der Waals surface area contributed by atoms with Crippen LogP contribution in [0.2, 0.25) is 0 Å². The van der Waals surface area contributed by atoms with Gasteiger partial charge in [0.1, 0.15) is 24.5 Å². The van der Waals surface area contributed by atoms with Crippen LogP contribution in [-0.4, -0.2) is 153 Å². The van der Waals surface area contributed by atoms with Gasteiger partial charge in [-0.3, -0.25) is 67.8 Å². The van der Waals surface area contributed by atoms with E-state index in [2.05, 4.69) is 29.8 Å². The number of aliphatic hydroxyl groups is 2. The van der Waals surface area contributed by atoms with E-state index in [-0.39, 0.29) is 89.3 Å². The van der Waals surface area contributed by atoms with Crippen LogP contribution in [0.1, 0.15) is 160 Å². The molecular formula is C62H98N13O14P. The third-order valence-corrected chi connectivity index (χ3v) is 23.2. The average Bonchev–Trinajstić information content (AvgIpc) is 1.53. The largest absolute Gasteiger partial charge is 0.472 e. The molecule has 500 valence electrons. The fraction of sp³-hybridized carbons (Fsp3) is 0.742. The van der Waals surface area contributed by atoms with E-state index in [1.807, 2.05) is 66.4 Å². The van der Waals surface area contributed by atoms with Crippen LogP contribution >= 0.6 is 7.82 Å². The predicted molar refractivity (Wildman–Crippen MR) is 334 cm³/mol. The molecule has 28 heteroatoms. The third-order valence-electron chi connectivity index (χ3n) is 22.1. The summed E-state index contributed by atoms with van der Waals surface area (Å²) in [6, 6.07) is -0.841. The van der Waals surface area contributed by atoms with Gasteiger partial charge >= 0.3 is 7.82 Å². The summed E-state index contributed by atoms with van der Waals surface area (Å²) in [5.74, 6) is -6.19. The number of amides is 7. The molecule has 1 saturated carbocycles. The second-order valence-electron chi connectivity index (χ2n) is 28.5. The average molecular weight is 1280 g/mol. The zero-order chi connectivity index (χ0) is 66.7. The number of carbonyl (C=O) groups is 7. The fourth-order valence-corrected chi connectivity index (χ4v) is 17.9. The molecule has 8 aliphatic rings. The molecule has 8 rings (SSSR count). The Morgan fingerprint density at radius 1 is 0.822 bits per heavy atom. The molecule has 7 aliphatic heterocycles. The molecule has 90 heavy (non-hydrogen) atoms. The molecule has 4 fully saturated rings. The third kappa shape index (κ3) is 13.4. The number of aliphatic imine (C=N–C) groups is 3. The predicted octanol–water partition coefficient (Wildman–Crippen LogP) is 1.99. The van der Waals surface area contributed by atoms with Crippen LogP contribution in [0.3, 0.4) is 0 Å². The number of rotatable bonds is 26. The Hall–Kier alpha value is -5.77. The molecule has 0 spiro atoms. The van der Waals surface area contributed by atoms with Gasteiger partial charge in [-0.15, -0.1) is 0 Å². The first-order valence-corrected chi connectivity index (χ1v) is 33.1. The highest BCUT2D eigenvalue weighted by molar-refractivity contribution is 7.47. The van der Waals surface area contributed by atoms with Crippen molar-refractivity contribution in [1.82, 2.24) is 20.9 Å². The Bertz CT molecular complexity index is 3150. The summed E-state index contributed by atoms with van der Waals surface area (Å²) in [6.07, 6.45) is -3.27. The number of aliphatic hydroxyl groups excluding tert-OH is 2. The van der Waals surface area contributed by atoms with Gasteiger partial charge in [0.15, 0.2) is 0 Å². The number of hydrogen-bond donors (Lipinski definition) is 12. The molecule has 1 aliphatic carbocycles. The molecule has 19 atom stereocenters. The highest BCUT2D eigenvalue weighted by atomic mass is 31.2. The van der Waals surface area contributed by atoms with Gasteiger partial charge < -0.3 is 64.9 Å². The van der Waals surface area contributed by atoms with Crippen LogP contribution in [0.5, 0.6) is 0 Å². The van der Waals surface area contributed by atoms with Crippen molar-refractivity contribution in [2.75, 3.05) is 19.8 Å². The van der Waals surface area contributed by atoms with E-state index in [0.29, 0.717) is 63.9 Å². The van der Waals surface area contributed by atoms with Crippen molar-refractivity contribution < 1.29 is 67.0 Å². The van der Waals surface area contributed by atoms with Crippen LogP contribution in [0.4, 0.5) is 0 Å². The van der Waals surface area contributed by atoms with E-state index in [1.165, 1.54) is 6.92 Å². The summed E-state index contributed by atoms with van der Waals surface area (Å²) in [5, 5.41) is 31.9. The Labute approximate surface area is 526 Å². The molecule has 8 bridgehead atoms. The number of nitrogens with two attached hydrogens (primary N) is 6. The van der Waals surface area contributed by atoms with Gasteiger partial charge in [0, 0.05) is 143 Å². The number of ether oxygens (including phenoxy) is 1. The van der Waals surface area contributed by atoms with Crippen molar-refractivity contribution in [3.05, 3.63) is 34.3 Å². The summed E-state index contributed by atoms with van der Waals surface area (Å²) in [5.41, 5.74) is 34.3. The lowest BCUT2D eigenvalue weighted by Crippen LogP contribution is -2.56. The first kappa shape index (κ1) is 70.1. The van der Waals surface area contributed by atoms with E-state index in [0.717, 1.165) is 12.8 Å². The molecule has 18 N–H and O–H groups in total. The van der Waals surface area contributed by atoms with Crippen molar-refractivity contribution in [3.8, 4) is 0 Å². The Balaban J connectivity index is 1.18. The van der Waals surface area contributed by atoms with E-state index in [1.54, 1.807) is 0 Å². The van der Waals surface area contributed by atoms with Crippen LogP contribution < -0.4 is 50.4 Å². The zero-order valence-corrected chi connectivity index (χ0v) is 54.9. The van der Waals surface area contributed by atoms with Crippen molar-refractivity contribution in [1.29, 1.82) is 0 Å². The van der Waals surface area contributed by atoms with Crippen LogP contribution in [0.25, 0.3) is 0 Å². The van der Waals surface area contributed by atoms with Crippen molar-refractivity contribution in [2.45, 2.75) is 214 Å². The van der Waals surface area contributed by atoms with E-state index in [9.17, 15) is 53.2 Å². The maximum Gasteiger partial charge on any atom is 0.472 e. The molecule has 0 aromatic rings. The molecule has 7 heterocycles. The molecule has 3 saturated heterocycles. The number of allylic oxidation sites excluding steroid dienone is 6. The molecule has 0 radical (unpaired) electrons. The molecule has 0 aromatic heterocycles. The Morgan fingerprint density at radius 3 is 2.01 bits per heavy atom. The fourth-order valence-electron chi connectivity index (χ4n) is 16.8. The molecule has 27 nitrogen and oxygen atoms in total. The topological polar surface area (TPSA) is 457 Å². The van der Waals surface area contributed by atoms with Crippen molar-refractivity contribution in [3.63, 3.8) is 0 Å². The van der Waals surface area contributed by atoms with Gasteiger partial charge in [-0.1, -0.05) is 48.5 Å². The van der Waals surface area contributed by atoms with Crippen molar-refractivity contribution in [2.24, 2.45) is 107 Å². The molecule has 7 amide bonds. The first-order chi connectivity index (χ1) is 41.8. The van der Waals surface area contributed by atoms with E-state index >= 15 is 0 Å². The molecule has 0 aromatic carbocycles. The Morgan fingerprint density at radius 2 is 1.42 bits per heavy atom. The number of hydrogen-bond acceptors (Lipinski definition) is 19. The minimum absolute atomic E-state index is 0.00318. The normalized spacial score (nSPS) is 38.0. The standard InChI is InChI=1S/C62H98N13O14P/c1-29-20-39-40(21-30(29)2)75(28-70-39)57-52(84)53(41(27-76)87-57)89-90(85,86)88-31(3)26-69-49(83)18-19-59(8)37(22-46(66)80)56-62(11)61(10,25-48(68)82)36(14-17-45(65)79)51(74-62)33(5)55-60(9,24-47(67)81)34(12-15-43(63)77)38(71-55)23-42-58(6,7)35(13-16-44(64)78)50(72-42)32(4)54(59)73-56/h23,29-31,34-37,39-41,52-53,56-57,70-71,76,84H,12-22,24-28H2,1-11H3,(H2,63,77)(H2,64,78)(H2,65,79)(H2,66,80)(H2,67,81)(H2,68,82)(H,69,83)(H,85,86)/b38-23?,50-32?,55-33-. The lowest BCUT2D eigenvalue weighted by molar-refractivity contribution is -0.124. The zero-order valence-electron chi connectivity index (χ0n) is 54.0. The quantitative estimate of drug-likeness (QED) is 0.0551. The van der Waals surface area contributed by atoms with Crippen molar-refractivity contribution >= 4 is 66.3 Å². The van der Waals surface area contributed by atoms with E-state index in [4.69, 9.17) is 63.2 Å². The van der Waals surface area contributed by atoms with Crippen LogP contribution in [0.15, 0.2) is 49.3 Å². The summed E-state index contributed by atoms with van der Waals surface area (Å²) in [6.45, 7) is 20.4. The van der Waals surface area contributed by atoms with Gasteiger partial charge in [-0.25, -0.2) is 4.57 Å². The first-order valence-electron chi connectivity index (χ1n) is 31.6. The van der Waals surface area contributed by atoms with Gasteiger partial charge in [0.2, 0.25) is 41.4 Å². The highest BCUT2D eigenvalue weighted by Gasteiger charge is 2.66. The highest BCUT2D eigenvalue weighted by Crippen LogP contribution is 2.63. The number of nitrogens with zero attached hydrogens (tertiary/aromatic N) is 4. The minimum Gasteiger partial charge on any atom is -0.394 e. The number of phosphoric acid groups is 1. The lowest BCUT2D eigenvalue weighted by Gasteiger charge is -2.48. The monoisotopic (exact) mass is 1280 g/mol. The van der Waals surface area contributed by atoms with Gasteiger partial charge in [-0.2, -0.15) is 0 Å². The summed E-state index contributed by atoms with van der Waals surface area (Å²) in [7, 11) is -5.02. The van der Waals surface area contributed by atoms with Crippen LogP contribution in [0, 0.1) is 57.2 Å². The van der Waals surface area contributed by atoms with Gasteiger partial charge in [0.25, 0.3) is 0 Å². The smallest absolute Gasteiger partial charge is 0.394 e. The lowest BCUT2D eigenvalue weighted by atomic mass is 9.55. The minimum atomic E-state index is -5.02. The van der Waals surface area contributed by atoms with E-state index < -0.39 is 143 Å². The summed E-state index contributed by atoms with van der Waals surface area (Å²) in [4.78, 5) is 123. The Kier molecular flexibility index (Phi) is 20.5. The SMILES string of the molecule is CC1=C2N=C(C=C3N/C(=C(/C)C4=NC(C)(C5N=C1C(C)(CCC(=O)NCC(C)OP(=O)(O)OC1C(CO)OC(N6CNC7CC(C)C(C)CC76)C1O)C5CC(N)=O)C(C)(CC(N)=O)C4CCC(N)=O)C(C)(CC(N)=O)C3CCC(N)=O)C(C)(C)C2CCC(N)=O. The second-order valence-corrected chi connectivity index (χ2v) is 29.8. The number of carbonyl (C=O) groups excluding carboxylic acids is 7. The van der Waals surface area contributed by atoms with Crippen LogP contribution in [-0.2, 0) is 51.9 Å². The number of phosphoric ester groups is 1.